The lowest BCUT2D eigenvalue weighted by Crippen LogP contribution is -2.20. The van der Waals surface area contributed by atoms with E-state index < -0.39 is 0 Å². The summed E-state index contributed by atoms with van der Waals surface area (Å²) in [4.78, 5) is 140. The average Bonchev–Trinajstić information content (AvgIpc) is 0.936. The van der Waals surface area contributed by atoms with Gasteiger partial charge in [0.25, 0.3) is 40.3 Å². The minimum Gasteiger partial charge on any atom is -0.439 e. The third-order valence-electron chi connectivity index (χ3n) is 13.0. The highest BCUT2D eigenvalue weighted by molar-refractivity contribution is 7.08. The summed E-state index contributed by atoms with van der Waals surface area (Å²) in [6, 6.07) is 44.5. The number of nitrogens with two attached hydrogens (primary N) is 1. The Bertz CT molecular complexity index is 5550. The van der Waals surface area contributed by atoms with Gasteiger partial charge in [0, 0.05) is 133 Å². The molecule has 27 nitrogen and oxygen atoms in total. The van der Waals surface area contributed by atoms with E-state index >= 15 is 0 Å². The molecule has 0 aliphatic carbocycles. The molecule has 0 radical (unpaired) electrons. The Balaban J connectivity index is 0.000000144. The van der Waals surface area contributed by atoms with E-state index in [9.17, 15) is 43.2 Å². The van der Waals surface area contributed by atoms with Gasteiger partial charge in [-0.25, -0.2) is 29.9 Å². The standard InChI is InChI=1S/C20H13ClN4O3S.C20H13ClN4O2S.C14H9ClN4O2S.C9H7N3O2S.C5H6N2O/c21-13-3-1-4-15(9-13)28-18-6-2-5-17(24-18)25-8-7-14(10-19(25)26)23-20(27)16-11-29-12-22-16;21-14-4-1-3-13(9-14)16-5-2-6-18(24-16)25-8-7-15(10-19(25)26)23-20(27)17-11-28-12-22-17;15-11-2-1-3-12(18-11)19-5-4-9(6-13(19)20)17-14(21)10-7-22-8-16-10;13-8-3-6(1-2-10-8)12-9(14)7-4-15-5-11-7;6-4-1-2-7-5(8)3-4/h1-12H,(H,23,27);1-12H,(H,23,27);1-8H,(H,17,21);1-5H,(H2,10,12,13,14);1-3H,(H3,6,7,8). The molecule has 0 saturated carbocycles. The smallest absolute Gasteiger partial charge is 0.275 e. The summed E-state index contributed by atoms with van der Waals surface area (Å²) in [6.07, 6.45) is 7.61. The number of hydrogen-bond acceptors (Lipinski definition) is 22. The van der Waals surface area contributed by atoms with Gasteiger partial charge in [-0.15, -0.1) is 45.3 Å². The van der Waals surface area contributed by atoms with Crippen LogP contribution in [0.3, 0.4) is 0 Å². The Labute approximate surface area is 606 Å². The number of benzene rings is 2. The van der Waals surface area contributed by atoms with E-state index in [0.717, 1.165) is 5.56 Å². The summed E-state index contributed by atoms with van der Waals surface area (Å²) in [5.74, 6) is 0.702. The zero-order chi connectivity index (χ0) is 71.9. The van der Waals surface area contributed by atoms with Gasteiger partial charge in [0.05, 0.1) is 27.7 Å². The van der Waals surface area contributed by atoms with E-state index in [1.807, 2.05) is 30.3 Å². The van der Waals surface area contributed by atoms with Crippen LogP contribution in [0.15, 0.2) is 262 Å². The predicted octanol–water partition coefficient (Wildman–Crippen LogP) is 12.3. The molecular formula is C68H48Cl3N17O10S4. The number of halogens is 3. The second kappa shape index (κ2) is 35.3. The molecule has 0 unspecified atom stereocenters. The Morgan fingerprint density at radius 3 is 1.25 bits per heavy atom. The van der Waals surface area contributed by atoms with Crippen LogP contribution in [-0.2, 0) is 0 Å². The molecule has 0 spiro atoms. The predicted molar refractivity (Wildman–Crippen MR) is 395 cm³/mol. The molecule has 102 heavy (non-hydrogen) atoms. The van der Waals surface area contributed by atoms with Crippen LogP contribution in [0.5, 0.6) is 11.6 Å². The molecule has 4 amide bonds. The number of aromatic amines is 2. The third-order valence-corrected chi connectivity index (χ3v) is 16.1. The van der Waals surface area contributed by atoms with Gasteiger partial charge in [-0.2, -0.15) is 4.98 Å². The lowest BCUT2D eigenvalue weighted by Gasteiger charge is -2.09. The van der Waals surface area contributed by atoms with Crippen LogP contribution in [0.4, 0.5) is 28.4 Å². The van der Waals surface area contributed by atoms with E-state index in [4.69, 9.17) is 45.3 Å². The number of carbonyl (C=O) groups is 4. The van der Waals surface area contributed by atoms with Crippen molar-refractivity contribution in [2.45, 2.75) is 0 Å². The van der Waals surface area contributed by atoms with Gasteiger partial charge in [0.2, 0.25) is 17.0 Å². The van der Waals surface area contributed by atoms with Crippen molar-refractivity contribution in [2.24, 2.45) is 0 Å². The number of anilines is 5. The quantitative estimate of drug-likeness (QED) is 0.0497. The van der Waals surface area contributed by atoms with Gasteiger partial charge >= 0.3 is 0 Å². The molecule has 510 valence electrons. The number of hydrogen-bond donors (Lipinski definition) is 7. The Morgan fingerprint density at radius 1 is 0.422 bits per heavy atom. The molecule has 0 fully saturated rings. The highest BCUT2D eigenvalue weighted by atomic mass is 35.5. The number of ether oxygens (including phenoxy) is 1. The maximum atomic E-state index is 12.5. The zero-order valence-corrected chi connectivity index (χ0v) is 57.5. The number of thiazole rings is 4. The van der Waals surface area contributed by atoms with Gasteiger partial charge in [0.15, 0.2) is 0 Å². The Morgan fingerprint density at radius 2 is 0.833 bits per heavy atom. The fraction of sp³-hybridized carbons (Fsp3) is 0. The third kappa shape index (κ3) is 21.0. The van der Waals surface area contributed by atoms with Gasteiger partial charge in [-0.1, -0.05) is 71.2 Å². The van der Waals surface area contributed by atoms with Crippen LogP contribution >= 0.6 is 80.1 Å². The molecule has 12 aromatic heterocycles. The summed E-state index contributed by atoms with van der Waals surface area (Å²) in [7, 11) is 0. The summed E-state index contributed by atoms with van der Waals surface area (Å²) >= 11 is 23.1. The van der Waals surface area contributed by atoms with Crippen molar-refractivity contribution < 1.29 is 23.9 Å². The van der Waals surface area contributed by atoms with Gasteiger partial charge in [-0.05, 0) is 91.0 Å². The Kier molecular flexibility index (Phi) is 25.0. The van der Waals surface area contributed by atoms with Gasteiger partial charge in [-0.3, -0.25) is 56.9 Å². The van der Waals surface area contributed by atoms with Crippen LogP contribution in [-0.4, -0.2) is 82.2 Å². The molecule has 34 heteroatoms. The first-order valence-electron chi connectivity index (χ1n) is 29.2. The van der Waals surface area contributed by atoms with Crippen molar-refractivity contribution in [1.29, 1.82) is 0 Å². The van der Waals surface area contributed by atoms with Crippen molar-refractivity contribution in [3.05, 3.63) is 328 Å². The minimum atomic E-state index is -0.376. The highest BCUT2D eigenvalue weighted by Gasteiger charge is 2.15. The number of aromatic nitrogens is 12. The normalized spacial score (nSPS) is 10.3. The monoisotopic (exact) mass is 1500 g/mol. The first kappa shape index (κ1) is 72.3. The van der Waals surface area contributed by atoms with Crippen molar-refractivity contribution in [3.63, 3.8) is 0 Å². The maximum Gasteiger partial charge on any atom is 0.275 e. The molecule has 0 atom stereocenters. The maximum absolute atomic E-state index is 12.5. The van der Waals surface area contributed by atoms with Crippen molar-refractivity contribution in [1.82, 2.24) is 58.6 Å². The number of H-pyrrole nitrogens is 2. The zero-order valence-electron chi connectivity index (χ0n) is 52.0. The largest absolute Gasteiger partial charge is 0.439 e. The molecule has 0 bridgehead atoms. The van der Waals surface area contributed by atoms with Crippen LogP contribution in [0, 0.1) is 0 Å². The molecular weight excluding hydrogens is 1450 g/mol. The number of nitrogens with one attached hydrogen (secondary N) is 6. The topological polar surface area (TPSA) is 374 Å². The first-order chi connectivity index (χ1) is 49.4. The van der Waals surface area contributed by atoms with Crippen LogP contribution in [0.2, 0.25) is 15.2 Å². The molecule has 0 aliphatic rings. The second-order valence-corrected chi connectivity index (χ2v) is 24.3. The fourth-order valence-corrected chi connectivity index (χ4v) is 11.1. The summed E-state index contributed by atoms with van der Waals surface area (Å²) in [6.45, 7) is 0. The Hall–Kier alpha value is -12.5. The summed E-state index contributed by atoms with van der Waals surface area (Å²) in [5, 5.41) is 18.5. The van der Waals surface area contributed by atoms with E-state index in [-0.39, 0.29) is 51.4 Å². The van der Waals surface area contributed by atoms with Crippen molar-refractivity contribution in [3.8, 4) is 40.3 Å². The van der Waals surface area contributed by atoms with E-state index in [1.165, 1.54) is 114 Å². The SMILES string of the molecule is Nc1cc[nH]c(=O)c1.O=C(Nc1cc[nH]c(=O)c1)c1cscn1.O=C(Nc1ccn(-c2cccc(-c3cccc(Cl)c3)n2)c(=O)c1)c1cscn1.O=C(Nc1ccn(-c2cccc(Cl)n2)c(=O)c1)c1cscn1.O=C(Nc1ccn(-c2cccc(Oc3cccc(Cl)c3)n2)c(=O)c1)c1cscn1. The molecule has 14 aromatic rings. The minimum absolute atomic E-state index is 0.162. The highest BCUT2D eigenvalue weighted by Crippen LogP contribution is 2.25. The number of nitrogen functional groups attached to an aromatic ring is 1. The lowest BCUT2D eigenvalue weighted by molar-refractivity contribution is 0.101. The summed E-state index contributed by atoms with van der Waals surface area (Å²) in [5.41, 5.74) is 15.0. The van der Waals surface area contributed by atoms with E-state index in [2.05, 4.69) is 66.1 Å². The van der Waals surface area contributed by atoms with Gasteiger partial charge in [0.1, 0.15) is 51.1 Å². The van der Waals surface area contributed by atoms with Crippen LogP contribution < -0.4 is 59.5 Å². The van der Waals surface area contributed by atoms with E-state index in [1.54, 1.807) is 153 Å². The van der Waals surface area contributed by atoms with Crippen molar-refractivity contribution in [2.75, 3.05) is 27.0 Å². The van der Waals surface area contributed by atoms with Crippen LogP contribution in [0.1, 0.15) is 42.0 Å². The number of rotatable bonds is 14. The molecule has 2 aromatic carbocycles. The first-order valence-corrected chi connectivity index (χ1v) is 34.1. The van der Waals surface area contributed by atoms with Crippen molar-refractivity contribution >= 4 is 132 Å². The number of pyridine rings is 8. The second-order valence-electron chi connectivity index (χ2n) is 20.2. The fourth-order valence-electron chi connectivity index (χ4n) is 8.44. The lowest BCUT2D eigenvalue weighted by atomic mass is 10.1. The summed E-state index contributed by atoms with van der Waals surface area (Å²) < 4.78 is 9.80. The molecule has 0 saturated heterocycles. The van der Waals surface area contributed by atoms with E-state index in [0.29, 0.717) is 101 Å². The van der Waals surface area contributed by atoms with Crippen LogP contribution in [0.25, 0.3) is 28.7 Å². The van der Waals surface area contributed by atoms with Gasteiger partial charge < -0.3 is 41.7 Å². The number of nitrogens with zero attached hydrogens (tertiary/aromatic N) is 10. The molecule has 8 N–H and O–H groups in total. The average molecular weight is 1500 g/mol. The number of amides is 4. The molecule has 0 aliphatic heterocycles. The molecule has 12 heterocycles. The molecule has 14 rings (SSSR count). The number of carbonyl (C=O) groups excluding carboxylic acids is 4.